The molecule has 2 fully saturated rings. The molecule has 0 aromatic rings. The quantitative estimate of drug-likeness (QED) is 0.469. The molecule has 0 amide bonds. The highest BCUT2D eigenvalue weighted by molar-refractivity contribution is 14.1. The van der Waals surface area contributed by atoms with E-state index < -0.39 is 0 Å². The molecule has 4 atom stereocenters. The first-order valence-electron chi connectivity index (χ1n) is 5.02. The molecule has 2 rings (SSSR count). The van der Waals surface area contributed by atoms with E-state index in [-0.39, 0.29) is 5.54 Å². The van der Waals surface area contributed by atoms with Crippen LogP contribution in [0.25, 0.3) is 0 Å². The van der Waals surface area contributed by atoms with Crippen molar-refractivity contribution in [3.05, 3.63) is 0 Å². The molecule has 1 N–H and O–H groups in total. The van der Waals surface area contributed by atoms with Crippen LogP contribution in [0.2, 0.25) is 0 Å². The van der Waals surface area contributed by atoms with Crippen LogP contribution in [0, 0.1) is 11.8 Å². The highest BCUT2D eigenvalue weighted by atomic mass is 127. The number of fused-ring (bicyclic) bond motifs is 2. The van der Waals surface area contributed by atoms with Gasteiger partial charge in [0.2, 0.25) is 0 Å². The lowest BCUT2D eigenvalue weighted by molar-refractivity contribution is 0.206. The number of hydrogen-bond acceptors (Lipinski definition) is 1. The van der Waals surface area contributed by atoms with Gasteiger partial charge in [-0.3, -0.25) is 5.32 Å². The number of nitrogens with one attached hydrogen (secondary N) is 1. The van der Waals surface area contributed by atoms with Crippen molar-refractivity contribution in [3.8, 4) is 0 Å². The van der Waals surface area contributed by atoms with E-state index in [9.17, 15) is 0 Å². The van der Waals surface area contributed by atoms with Gasteiger partial charge in [0.25, 0.3) is 0 Å². The van der Waals surface area contributed by atoms with Gasteiger partial charge in [-0.15, -0.1) is 11.6 Å². The zero-order valence-electron chi connectivity index (χ0n) is 8.24. The summed E-state index contributed by atoms with van der Waals surface area (Å²) in [6.07, 6.45) is 4.22. The fraction of sp³-hybridized carbons (Fsp3) is 1.00. The van der Waals surface area contributed by atoms with Gasteiger partial charge >= 0.3 is 0 Å². The Balaban J connectivity index is 2.27. The van der Waals surface area contributed by atoms with Gasteiger partial charge in [-0.25, -0.2) is 0 Å². The first kappa shape index (κ1) is 10.5. The molecule has 0 radical (unpaired) electrons. The average Bonchev–Trinajstić information content (AvgIpc) is 2.56. The third kappa shape index (κ3) is 1.28. The summed E-state index contributed by atoms with van der Waals surface area (Å²) in [4.78, 5) is 0. The van der Waals surface area contributed by atoms with Crippen LogP contribution < -0.4 is 5.32 Å². The van der Waals surface area contributed by atoms with Crippen LogP contribution >= 0.6 is 34.2 Å². The summed E-state index contributed by atoms with van der Waals surface area (Å²) < 4.78 is 0.391. The van der Waals surface area contributed by atoms with Crippen LogP contribution in [0.5, 0.6) is 0 Å². The molecular formula is C10H17ClIN. The number of hydrogen-bond donors (Lipinski definition) is 1. The Morgan fingerprint density at radius 2 is 2.00 bits per heavy atom. The molecule has 0 aromatic carbocycles. The number of halogens is 2. The molecule has 2 aliphatic rings. The standard InChI is InChI=1S/C10H17ClIN/c1-9(12)7-3-4-8(5-7)10(9,2)13-6-11/h7-8,13H,3-6H2,1-2H3. The largest absolute Gasteiger partial charge is 0.297 e. The lowest BCUT2D eigenvalue weighted by Gasteiger charge is -2.46. The minimum absolute atomic E-state index is 0.262. The zero-order valence-corrected chi connectivity index (χ0v) is 11.2. The van der Waals surface area contributed by atoms with E-state index in [1.807, 2.05) is 0 Å². The Labute approximate surface area is 99.1 Å². The molecule has 4 unspecified atom stereocenters. The average molecular weight is 314 g/mol. The topological polar surface area (TPSA) is 12.0 Å². The second-order valence-electron chi connectivity index (χ2n) is 4.80. The lowest BCUT2D eigenvalue weighted by Crippen LogP contribution is -2.59. The van der Waals surface area contributed by atoms with E-state index in [0.717, 1.165) is 11.8 Å². The van der Waals surface area contributed by atoms with Crippen molar-refractivity contribution in [2.75, 3.05) is 6.00 Å². The summed E-state index contributed by atoms with van der Waals surface area (Å²) >= 11 is 8.46. The third-order valence-corrected chi connectivity index (χ3v) is 6.60. The summed E-state index contributed by atoms with van der Waals surface area (Å²) in [5.74, 6) is 1.75. The van der Waals surface area contributed by atoms with E-state index in [2.05, 4.69) is 41.8 Å². The zero-order chi connectivity index (χ0) is 9.69. The predicted octanol–water partition coefficient (Wildman–Crippen LogP) is 3.15. The Bertz CT molecular complexity index is 219. The normalized spacial score (nSPS) is 54.5. The summed E-state index contributed by atoms with van der Waals surface area (Å²) in [5, 5.41) is 3.50. The maximum absolute atomic E-state index is 5.82. The summed E-state index contributed by atoms with van der Waals surface area (Å²) in [6.45, 7) is 4.74. The molecule has 2 aliphatic carbocycles. The van der Waals surface area contributed by atoms with E-state index in [1.54, 1.807) is 0 Å². The van der Waals surface area contributed by atoms with Gasteiger partial charge in [-0.05, 0) is 44.9 Å². The SMILES string of the molecule is CC1(I)C2CCC(C2)C1(C)NCCl. The minimum atomic E-state index is 0.262. The molecule has 2 bridgehead atoms. The van der Waals surface area contributed by atoms with Crippen molar-refractivity contribution in [1.82, 2.24) is 5.32 Å². The molecule has 0 heterocycles. The Hall–Kier alpha value is 0.980. The summed E-state index contributed by atoms with van der Waals surface area (Å²) in [6, 6.07) is 0.582. The van der Waals surface area contributed by atoms with Crippen molar-refractivity contribution < 1.29 is 0 Å². The van der Waals surface area contributed by atoms with Gasteiger partial charge in [-0.2, -0.15) is 0 Å². The van der Waals surface area contributed by atoms with E-state index >= 15 is 0 Å². The van der Waals surface area contributed by atoms with Crippen molar-refractivity contribution in [1.29, 1.82) is 0 Å². The predicted molar refractivity (Wildman–Crippen MR) is 65.5 cm³/mol. The van der Waals surface area contributed by atoms with Crippen LogP contribution in [0.1, 0.15) is 33.1 Å². The van der Waals surface area contributed by atoms with Gasteiger partial charge in [0, 0.05) is 8.96 Å². The highest BCUT2D eigenvalue weighted by Crippen LogP contribution is 2.60. The molecule has 0 spiro atoms. The van der Waals surface area contributed by atoms with Crippen molar-refractivity contribution in [3.63, 3.8) is 0 Å². The van der Waals surface area contributed by atoms with Crippen LogP contribution in [0.3, 0.4) is 0 Å². The van der Waals surface area contributed by atoms with Crippen LogP contribution in [0.15, 0.2) is 0 Å². The Morgan fingerprint density at radius 3 is 2.46 bits per heavy atom. The van der Waals surface area contributed by atoms with Gasteiger partial charge < -0.3 is 0 Å². The van der Waals surface area contributed by atoms with Gasteiger partial charge in [0.05, 0.1) is 6.00 Å². The molecule has 13 heavy (non-hydrogen) atoms. The van der Waals surface area contributed by atoms with E-state index in [1.165, 1.54) is 19.3 Å². The third-order valence-electron chi connectivity index (χ3n) is 4.47. The maximum atomic E-state index is 5.82. The molecule has 3 heteroatoms. The second kappa shape index (κ2) is 3.24. The van der Waals surface area contributed by atoms with Crippen molar-refractivity contribution in [2.24, 2.45) is 11.8 Å². The van der Waals surface area contributed by atoms with E-state index in [0.29, 0.717) is 9.43 Å². The molecule has 0 saturated heterocycles. The number of rotatable bonds is 2. The molecule has 76 valence electrons. The second-order valence-corrected chi connectivity index (χ2v) is 7.30. The first-order valence-corrected chi connectivity index (χ1v) is 6.63. The van der Waals surface area contributed by atoms with Gasteiger partial charge in [0.15, 0.2) is 0 Å². The van der Waals surface area contributed by atoms with Crippen molar-refractivity contribution >= 4 is 34.2 Å². The first-order chi connectivity index (χ1) is 6.02. The summed E-state index contributed by atoms with van der Waals surface area (Å²) in [7, 11) is 0. The fourth-order valence-electron chi connectivity index (χ4n) is 3.28. The maximum Gasteiger partial charge on any atom is 0.0718 e. The number of alkyl halides is 2. The highest BCUT2D eigenvalue weighted by Gasteiger charge is 2.61. The molecule has 1 nitrogen and oxygen atoms in total. The van der Waals surface area contributed by atoms with Gasteiger partial charge in [-0.1, -0.05) is 22.6 Å². The minimum Gasteiger partial charge on any atom is -0.297 e. The molecule has 0 aliphatic heterocycles. The fourth-order valence-corrected chi connectivity index (χ4v) is 4.75. The monoisotopic (exact) mass is 313 g/mol. The lowest BCUT2D eigenvalue weighted by atomic mass is 9.75. The smallest absolute Gasteiger partial charge is 0.0718 e. The summed E-state index contributed by atoms with van der Waals surface area (Å²) in [5.41, 5.74) is 0.262. The van der Waals surface area contributed by atoms with Gasteiger partial charge in [0.1, 0.15) is 0 Å². The van der Waals surface area contributed by atoms with Crippen LogP contribution in [-0.4, -0.2) is 15.0 Å². The molecular weight excluding hydrogens is 296 g/mol. The molecule has 2 saturated carbocycles. The van der Waals surface area contributed by atoms with Crippen molar-refractivity contribution in [2.45, 2.75) is 42.1 Å². The molecule has 0 aromatic heterocycles. The Morgan fingerprint density at radius 1 is 1.38 bits per heavy atom. The van der Waals surface area contributed by atoms with Crippen LogP contribution in [-0.2, 0) is 0 Å². The Kier molecular flexibility index (Phi) is 2.62. The van der Waals surface area contributed by atoms with Crippen LogP contribution in [0.4, 0.5) is 0 Å². The van der Waals surface area contributed by atoms with E-state index in [4.69, 9.17) is 11.6 Å².